The second-order valence-electron chi connectivity index (χ2n) is 11.5. The van der Waals surface area contributed by atoms with Crippen LogP contribution in [0.15, 0.2) is 48.1 Å². The molecule has 3 aliphatic rings. The molecule has 0 amide bonds. The highest BCUT2D eigenvalue weighted by molar-refractivity contribution is 5.23. The highest BCUT2D eigenvalue weighted by Gasteiger charge is 2.31. The van der Waals surface area contributed by atoms with Crippen LogP contribution in [0.3, 0.4) is 0 Å². The number of nitrogens with two attached hydrogens (primary N) is 1. The van der Waals surface area contributed by atoms with Crippen molar-refractivity contribution in [3.63, 3.8) is 0 Å². The van der Waals surface area contributed by atoms with Crippen LogP contribution >= 0.6 is 0 Å². The summed E-state index contributed by atoms with van der Waals surface area (Å²) in [5, 5.41) is 4.01. The number of rotatable bonds is 8. The third-order valence-electron chi connectivity index (χ3n) is 8.28. The molecule has 0 aromatic heterocycles. The molecule has 0 aromatic carbocycles. The fraction of sp³-hybridized carbons (Fsp3) is 0.724. The summed E-state index contributed by atoms with van der Waals surface area (Å²) in [6.45, 7) is 14.1. The minimum atomic E-state index is 0.416. The quantitative estimate of drug-likeness (QED) is 0.402. The molecule has 0 radical (unpaired) electrons. The van der Waals surface area contributed by atoms with Gasteiger partial charge in [0.2, 0.25) is 0 Å². The maximum Gasteiger partial charge on any atom is 0.0515 e. The predicted molar refractivity (Wildman–Crippen MR) is 138 cm³/mol. The van der Waals surface area contributed by atoms with Gasteiger partial charge in [0.25, 0.3) is 0 Å². The zero-order chi connectivity index (χ0) is 23.3. The summed E-state index contributed by atoms with van der Waals surface area (Å²) >= 11 is 0. The first-order valence-electron chi connectivity index (χ1n) is 13.3. The summed E-state index contributed by atoms with van der Waals surface area (Å²) in [4.78, 5) is 2.50. The van der Waals surface area contributed by atoms with E-state index >= 15 is 0 Å². The lowest BCUT2D eigenvalue weighted by Gasteiger charge is -2.40. The topological polar surface area (TPSA) is 41.3 Å². The van der Waals surface area contributed by atoms with Gasteiger partial charge in [-0.25, -0.2) is 0 Å². The fourth-order valence-corrected chi connectivity index (χ4v) is 5.80. The minimum Gasteiger partial charge on any atom is -0.403 e. The summed E-state index contributed by atoms with van der Waals surface area (Å²) in [5.74, 6) is 4.37. The zero-order valence-electron chi connectivity index (χ0n) is 21.6. The number of allylic oxidation sites excluding steroid dienone is 4. The van der Waals surface area contributed by atoms with Crippen molar-refractivity contribution in [2.45, 2.75) is 98.6 Å². The Balaban J connectivity index is 1.85. The van der Waals surface area contributed by atoms with Gasteiger partial charge in [0.1, 0.15) is 0 Å². The lowest BCUT2D eigenvalue weighted by Crippen LogP contribution is -2.39. The Bertz CT molecular complexity index is 712. The number of hydrogen-bond donors (Lipinski definition) is 2. The van der Waals surface area contributed by atoms with Crippen molar-refractivity contribution in [2.75, 3.05) is 0 Å². The van der Waals surface area contributed by atoms with Gasteiger partial charge in [0, 0.05) is 29.8 Å². The van der Waals surface area contributed by atoms with Gasteiger partial charge in [-0.3, -0.25) is 0 Å². The van der Waals surface area contributed by atoms with Gasteiger partial charge in [-0.1, -0.05) is 65.8 Å². The average Bonchev–Trinajstić information content (AvgIpc) is 2.78. The van der Waals surface area contributed by atoms with Gasteiger partial charge in [-0.2, -0.15) is 0 Å². The molecule has 3 rings (SSSR count). The van der Waals surface area contributed by atoms with Crippen LogP contribution in [0, 0.1) is 35.5 Å². The van der Waals surface area contributed by atoms with E-state index in [2.05, 4.69) is 82.3 Å². The van der Waals surface area contributed by atoms with Crippen LogP contribution in [-0.4, -0.2) is 17.0 Å². The van der Waals surface area contributed by atoms with Crippen molar-refractivity contribution < 1.29 is 0 Å². The Morgan fingerprint density at radius 1 is 0.844 bits per heavy atom. The molecule has 3 heteroatoms. The molecule has 0 spiro atoms. The van der Waals surface area contributed by atoms with Crippen molar-refractivity contribution in [1.82, 2.24) is 10.2 Å². The summed E-state index contributed by atoms with van der Waals surface area (Å²) in [6.07, 6.45) is 22.2. The van der Waals surface area contributed by atoms with Crippen molar-refractivity contribution in [2.24, 2.45) is 41.2 Å². The summed E-state index contributed by atoms with van der Waals surface area (Å²) in [6, 6.07) is 0.872. The average molecular weight is 440 g/mol. The molecular formula is C29H49N3. The lowest BCUT2D eigenvalue weighted by molar-refractivity contribution is 0.261. The van der Waals surface area contributed by atoms with Crippen molar-refractivity contribution in [1.29, 1.82) is 0 Å². The van der Waals surface area contributed by atoms with E-state index in [0.29, 0.717) is 18.0 Å². The predicted octanol–water partition coefficient (Wildman–Crippen LogP) is 6.96. The summed E-state index contributed by atoms with van der Waals surface area (Å²) < 4.78 is 0. The van der Waals surface area contributed by atoms with Gasteiger partial charge in [0.15, 0.2) is 0 Å². The summed E-state index contributed by atoms with van der Waals surface area (Å²) in [7, 11) is 0. The van der Waals surface area contributed by atoms with Crippen LogP contribution in [-0.2, 0) is 0 Å². The second-order valence-corrected chi connectivity index (χ2v) is 11.5. The van der Waals surface area contributed by atoms with E-state index in [1.807, 2.05) is 0 Å². The zero-order valence-corrected chi connectivity index (χ0v) is 21.6. The SMILES string of the molecule is CC(C)[C@H]1CCC(N(/C=C/N)[C@H]2C=C[C@@H](C(C)C)CC2)=C(N[C@H]2C=C[C@@H](C(C)C)CC2)C1. The molecule has 0 fully saturated rings. The van der Waals surface area contributed by atoms with Gasteiger partial charge >= 0.3 is 0 Å². The third kappa shape index (κ3) is 6.23. The fourth-order valence-electron chi connectivity index (χ4n) is 5.80. The van der Waals surface area contributed by atoms with E-state index in [1.54, 1.807) is 6.20 Å². The molecule has 0 aromatic rings. The Morgan fingerprint density at radius 2 is 1.50 bits per heavy atom. The molecule has 0 aliphatic heterocycles. The van der Waals surface area contributed by atoms with Crippen LogP contribution in [0.4, 0.5) is 0 Å². The highest BCUT2D eigenvalue weighted by atomic mass is 15.2. The first kappa shape index (κ1) is 25.0. The maximum atomic E-state index is 5.97. The second kappa shape index (κ2) is 11.5. The molecule has 5 atom stereocenters. The van der Waals surface area contributed by atoms with E-state index in [4.69, 9.17) is 5.73 Å². The molecule has 0 saturated carbocycles. The Kier molecular flexibility index (Phi) is 8.96. The molecule has 3 nitrogen and oxygen atoms in total. The molecule has 32 heavy (non-hydrogen) atoms. The first-order valence-corrected chi connectivity index (χ1v) is 13.3. The van der Waals surface area contributed by atoms with Crippen molar-refractivity contribution in [3.05, 3.63) is 48.1 Å². The van der Waals surface area contributed by atoms with Crippen LogP contribution < -0.4 is 11.1 Å². The maximum absolute atomic E-state index is 5.97. The van der Waals surface area contributed by atoms with E-state index in [0.717, 1.165) is 42.4 Å². The van der Waals surface area contributed by atoms with Gasteiger partial charge < -0.3 is 16.0 Å². The standard InChI is InChI=1S/C29H49N3/c1-20(2)23-7-12-26(13-8-23)31-28-19-25(22(5)6)11-16-29(28)32(18-17-30)27-14-9-24(10-15-27)21(3)4/h7,9,12,14,17-18,20-27,31H,8,10-11,13,15-16,19,30H2,1-6H3/b18-17+/t23-,24-,25+,26+,27+/m1/s1. The van der Waals surface area contributed by atoms with Gasteiger partial charge in [-0.05, 0) is 80.5 Å². The molecule has 0 bridgehead atoms. The molecule has 3 N–H and O–H groups in total. The van der Waals surface area contributed by atoms with Crippen LogP contribution in [0.5, 0.6) is 0 Å². The summed E-state index contributed by atoms with van der Waals surface area (Å²) in [5.41, 5.74) is 8.90. The van der Waals surface area contributed by atoms with Gasteiger partial charge in [-0.15, -0.1) is 0 Å². The highest BCUT2D eigenvalue weighted by Crippen LogP contribution is 2.38. The molecule has 180 valence electrons. The van der Waals surface area contributed by atoms with E-state index in [-0.39, 0.29) is 0 Å². The molecule has 0 heterocycles. The molecule has 3 aliphatic carbocycles. The molecular weight excluding hydrogens is 390 g/mol. The van der Waals surface area contributed by atoms with Crippen LogP contribution in [0.2, 0.25) is 0 Å². The first-order chi connectivity index (χ1) is 15.3. The smallest absolute Gasteiger partial charge is 0.0515 e. The lowest BCUT2D eigenvalue weighted by atomic mass is 9.80. The normalized spacial score (nSPS) is 31.3. The molecule has 0 unspecified atom stereocenters. The van der Waals surface area contributed by atoms with Crippen LogP contribution in [0.1, 0.15) is 86.5 Å². The third-order valence-corrected chi connectivity index (χ3v) is 8.28. The Morgan fingerprint density at radius 3 is 2.00 bits per heavy atom. The van der Waals surface area contributed by atoms with E-state index in [9.17, 15) is 0 Å². The number of hydrogen-bond acceptors (Lipinski definition) is 3. The van der Waals surface area contributed by atoms with Gasteiger partial charge in [0.05, 0.1) is 6.04 Å². The van der Waals surface area contributed by atoms with Crippen molar-refractivity contribution >= 4 is 0 Å². The number of nitrogens with one attached hydrogen (secondary N) is 1. The number of nitrogens with zero attached hydrogens (tertiary/aromatic N) is 1. The largest absolute Gasteiger partial charge is 0.403 e. The van der Waals surface area contributed by atoms with E-state index in [1.165, 1.54) is 43.5 Å². The monoisotopic (exact) mass is 439 g/mol. The van der Waals surface area contributed by atoms with Crippen LogP contribution in [0.25, 0.3) is 0 Å². The minimum absolute atomic E-state index is 0.416. The molecule has 0 saturated heterocycles. The Labute approximate surface area is 198 Å². The Hall–Kier alpha value is -1.64. The van der Waals surface area contributed by atoms with E-state index < -0.39 is 0 Å². The van der Waals surface area contributed by atoms with Crippen molar-refractivity contribution in [3.8, 4) is 0 Å².